The summed E-state index contributed by atoms with van der Waals surface area (Å²) in [7, 11) is 0. The van der Waals surface area contributed by atoms with Crippen LogP contribution in [-0.4, -0.2) is 12.7 Å². The first kappa shape index (κ1) is 14.5. The molecule has 0 aromatic heterocycles. The minimum Gasteiger partial charge on any atom is -0.290 e. The first-order valence-corrected chi connectivity index (χ1v) is 5.63. The molecule has 0 heterocycles. The molecule has 0 saturated heterocycles. The van der Waals surface area contributed by atoms with Crippen LogP contribution in [0.5, 0.6) is 0 Å². The summed E-state index contributed by atoms with van der Waals surface area (Å²) in [5.74, 6) is 0.350. The van der Waals surface area contributed by atoms with Gasteiger partial charge in [0.05, 0.1) is 12.6 Å². The van der Waals surface area contributed by atoms with Crippen molar-refractivity contribution in [3.8, 4) is 6.07 Å². The molecular weight excluding hydrogens is 241 g/mol. The summed E-state index contributed by atoms with van der Waals surface area (Å²) >= 11 is 0. The van der Waals surface area contributed by atoms with Crippen LogP contribution < -0.4 is 5.32 Å². The highest BCUT2D eigenvalue weighted by molar-refractivity contribution is 5.29. The molecule has 0 aliphatic heterocycles. The van der Waals surface area contributed by atoms with Crippen LogP contribution in [0.4, 0.5) is 13.2 Å². The first-order chi connectivity index (χ1) is 8.33. The number of hydrogen-bond donors (Lipinski definition) is 1. The quantitative estimate of drug-likeness (QED) is 0.894. The number of nitrogens with zero attached hydrogens (tertiary/aromatic N) is 1. The summed E-state index contributed by atoms with van der Waals surface area (Å²) in [6, 6.07) is 7.93. The zero-order valence-corrected chi connectivity index (χ0v) is 10.3. The highest BCUT2D eigenvalue weighted by atomic mass is 19.4. The van der Waals surface area contributed by atoms with Gasteiger partial charge in [0.1, 0.15) is 6.04 Å². The normalized spacial score (nSPS) is 13.4. The van der Waals surface area contributed by atoms with Gasteiger partial charge < -0.3 is 0 Å². The van der Waals surface area contributed by atoms with Crippen molar-refractivity contribution in [2.75, 3.05) is 6.54 Å². The molecule has 1 rings (SSSR count). The van der Waals surface area contributed by atoms with Gasteiger partial charge in [-0.1, -0.05) is 38.1 Å². The highest BCUT2D eigenvalue weighted by Crippen LogP contribution is 2.20. The van der Waals surface area contributed by atoms with Crippen LogP contribution in [0, 0.1) is 11.3 Å². The van der Waals surface area contributed by atoms with Gasteiger partial charge in [-0.2, -0.15) is 18.4 Å². The van der Waals surface area contributed by atoms with Crippen molar-refractivity contribution in [2.24, 2.45) is 0 Å². The molecule has 1 unspecified atom stereocenters. The Morgan fingerprint density at radius 3 is 2.06 bits per heavy atom. The van der Waals surface area contributed by atoms with Crippen molar-refractivity contribution < 1.29 is 13.2 Å². The van der Waals surface area contributed by atoms with E-state index in [2.05, 4.69) is 5.32 Å². The average molecular weight is 256 g/mol. The van der Waals surface area contributed by atoms with Gasteiger partial charge in [-0.15, -0.1) is 0 Å². The van der Waals surface area contributed by atoms with Crippen molar-refractivity contribution in [1.29, 1.82) is 5.26 Å². The Balaban J connectivity index is 2.74. The second-order valence-electron chi connectivity index (χ2n) is 4.38. The van der Waals surface area contributed by atoms with E-state index in [0.29, 0.717) is 11.5 Å². The first-order valence-electron chi connectivity index (χ1n) is 5.63. The molecule has 98 valence electrons. The van der Waals surface area contributed by atoms with E-state index >= 15 is 0 Å². The number of nitrogens with one attached hydrogen (secondary N) is 1. The molecule has 0 amide bonds. The van der Waals surface area contributed by atoms with Crippen molar-refractivity contribution in [3.63, 3.8) is 0 Å². The lowest BCUT2D eigenvalue weighted by Crippen LogP contribution is -2.31. The van der Waals surface area contributed by atoms with Gasteiger partial charge in [-0.3, -0.25) is 5.32 Å². The van der Waals surface area contributed by atoms with Gasteiger partial charge >= 0.3 is 6.18 Å². The summed E-state index contributed by atoms with van der Waals surface area (Å²) in [6.07, 6.45) is -4.31. The second-order valence-corrected chi connectivity index (χ2v) is 4.38. The van der Waals surface area contributed by atoms with Gasteiger partial charge in [0.15, 0.2) is 0 Å². The number of halogens is 3. The van der Waals surface area contributed by atoms with E-state index in [9.17, 15) is 13.2 Å². The molecule has 0 radical (unpaired) electrons. The molecule has 0 fully saturated rings. The third-order valence-corrected chi connectivity index (χ3v) is 2.57. The fourth-order valence-corrected chi connectivity index (χ4v) is 1.53. The van der Waals surface area contributed by atoms with E-state index in [0.717, 1.165) is 5.56 Å². The molecule has 0 aliphatic rings. The summed E-state index contributed by atoms with van der Waals surface area (Å²) < 4.78 is 36.2. The van der Waals surface area contributed by atoms with E-state index in [1.54, 1.807) is 12.1 Å². The van der Waals surface area contributed by atoms with Crippen LogP contribution in [-0.2, 0) is 0 Å². The van der Waals surface area contributed by atoms with Crippen LogP contribution in [0.3, 0.4) is 0 Å². The SMILES string of the molecule is CC(C)c1ccc(C(C#N)NCC(F)(F)F)cc1. The zero-order valence-electron chi connectivity index (χ0n) is 10.3. The highest BCUT2D eigenvalue weighted by Gasteiger charge is 2.28. The minimum absolute atomic E-state index is 0.350. The molecule has 1 N–H and O–H groups in total. The molecule has 1 aromatic carbocycles. The maximum absolute atomic E-state index is 12.1. The lowest BCUT2D eigenvalue weighted by atomic mass is 9.99. The maximum atomic E-state index is 12.1. The molecule has 0 spiro atoms. The van der Waals surface area contributed by atoms with Crippen molar-refractivity contribution >= 4 is 0 Å². The van der Waals surface area contributed by atoms with Gasteiger partial charge in [0.2, 0.25) is 0 Å². The predicted molar refractivity (Wildman–Crippen MR) is 62.9 cm³/mol. The minimum atomic E-state index is -4.31. The van der Waals surface area contributed by atoms with E-state index in [4.69, 9.17) is 5.26 Å². The predicted octanol–water partition coefficient (Wildman–Crippen LogP) is 3.53. The summed E-state index contributed by atoms with van der Waals surface area (Å²) in [5, 5.41) is 11.1. The number of hydrogen-bond acceptors (Lipinski definition) is 2. The van der Waals surface area contributed by atoms with Crippen molar-refractivity contribution in [1.82, 2.24) is 5.32 Å². The molecule has 0 bridgehead atoms. The Morgan fingerprint density at radius 2 is 1.67 bits per heavy atom. The fraction of sp³-hybridized carbons (Fsp3) is 0.462. The van der Waals surface area contributed by atoms with E-state index < -0.39 is 18.8 Å². The van der Waals surface area contributed by atoms with Gasteiger partial charge in [-0.25, -0.2) is 0 Å². The Hall–Kier alpha value is -1.54. The molecular formula is C13H15F3N2. The van der Waals surface area contributed by atoms with E-state index in [1.807, 2.05) is 32.0 Å². The molecule has 18 heavy (non-hydrogen) atoms. The lowest BCUT2D eigenvalue weighted by molar-refractivity contribution is -0.125. The van der Waals surface area contributed by atoms with Crippen LogP contribution in [0.25, 0.3) is 0 Å². The second kappa shape index (κ2) is 5.87. The Labute approximate surface area is 104 Å². The molecule has 5 heteroatoms. The molecule has 0 saturated carbocycles. The van der Waals surface area contributed by atoms with Crippen LogP contribution >= 0.6 is 0 Å². The molecule has 0 aliphatic carbocycles. The topological polar surface area (TPSA) is 35.8 Å². The van der Waals surface area contributed by atoms with E-state index in [-0.39, 0.29) is 0 Å². The zero-order chi connectivity index (χ0) is 13.8. The van der Waals surface area contributed by atoms with Gasteiger partial charge in [0.25, 0.3) is 0 Å². The van der Waals surface area contributed by atoms with Crippen molar-refractivity contribution in [2.45, 2.75) is 32.0 Å². The van der Waals surface area contributed by atoms with Crippen LogP contribution in [0.15, 0.2) is 24.3 Å². The third kappa shape index (κ3) is 4.38. The lowest BCUT2D eigenvalue weighted by Gasteiger charge is -2.14. The Kier molecular flexibility index (Phi) is 4.74. The number of rotatable bonds is 4. The number of benzene rings is 1. The summed E-state index contributed by atoms with van der Waals surface area (Å²) in [6.45, 7) is 2.88. The summed E-state index contributed by atoms with van der Waals surface area (Å²) in [5.41, 5.74) is 1.64. The Bertz CT molecular complexity index is 415. The van der Waals surface area contributed by atoms with Crippen LogP contribution in [0.2, 0.25) is 0 Å². The van der Waals surface area contributed by atoms with E-state index in [1.165, 1.54) is 0 Å². The van der Waals surface area contributed by atoms with Crippen LogP contribution in [0.1, 0.15) is 36.9 Å². The number of nitriles is 1. The average Bonchev–Trinajstić information content (AvgIpc) is 2.29. The molecule has 1 aromatic rings. The fourth-order valence-electron chi connectivity index (χ4n) is 1.53. The van der Waals surface area contributed by atoms with Gasteiger partial charge in [0, 0.05) is 0 Å². The van der Waals surface area contributed by atoms with Gasteiger partial charge in [-0.05, 0) is 17.0 Å². The largest absolute Gasteiger partial charge is 0.401 e. The smallest absolute Gasteiger partial charge is 0.290 e. The maximum Gasteiger partial charge on any atom is 0.401 e. The summed E-state index contributed by atoms with van der Waals surface area (Å²) in [4.78, 5) is 0. The Morgan fingerprint density at radius 1 is 1.17 bits per heavy atom. The number of alkyl halides is 3. The monoisotopic (exact) mass is 256 g/mol. The third-order valence-electron chi connectivity index (χ3n) is 2.57. The molecule has 1 atom stereocenters. The van der Waals surface area contributed by atoms with Crippen molar-refractivity contribution in [3.05, 3.63) is 35.4 Å². The molecule has 2 nitrogen and oxygen atoms in total. The standard InChI is InChI=1S/C13H15F3N2/c1-9(2)10-3-5-11(6-4-10)12(7-17)18-8-13(14,15)16/h3-6,9,12,18H,8H2,1-2H3.